The zero-order valence-corrected chi connectivity index (χ0v) is 14.2. The molecule has 1 N–H and O–H groups in total. The Bertz CT molecular complexity index is 825. The quantitative estimate of drug-likeness (QED) is 0.679. The van der Waals surface area contributed by atoms with Gasteiger partial charge in [-0.3, -0.25) is 14.3 Å². The van der Waals surface area contributed by atoms with Crippen LogP contribution in [-0.4, -0.2) is 21.5 Å². The number of nitrogens with zero attached hydrogens (tertiary/aromatic N) is 2. The lowest BCUT2D eigenvalue weighted by molar-refractivity contribution is -0.137. The summed E-state index contributed by atoms with van der Waals surface area (Å²) < 4.78 is 39.8. The molecular weight excluding hydrogens is 335 g/mol. The molecule has 134 valence electrons. The van der Waals surface area contributed by atoms with Crippen molar-refractivity contribution in [1.82, 2.24) is 15.1 Å². The first-order valence-corrected chi connectivity index (χ1v) is 7.55. The summed E-state index contributed by atoms with van der Waals surface area (Å²) >= 11 is 0. The van der Waals surface area contributed by atoms with Crippen LogP contribution in [0.3, 0.4) is 0 Å². The fourth-order valence-electron chi connectivity index (χ4n) is 2.55. The summed E-state index contributed by atoms with van der Waals surface area (Å²) in [5.41, 5.74) is 0.625. The summed E-state index contributed by atoms with van der Waals surface area (Å²) in [4.78, 5) is 24.6. The van der Waals surface area contributed by atoms with Gasteiger partial charge >= 0.3 is 6.18 Å². The maximum Gasteiger partial charge on any atom is 0.416 e. The number of Topliss-reactive ketones (excluding diaryl/α,β-unsaturated/α-hetero) is 1. The molecule has 0 aliphatic rings. The fraction of sp³-hybridized carbons (Fsp3) is 0.353. The maximum atomic E-state index is 12.8. The highest BCUT2D eigenvalue weighted by Crippen LogP contribution is 2.30. The number of aromatic nitrogens is 2. The van der Waals surface area contributed by atoms with Gasteiger partial charge in [0.05, 0.1) is 22.9 Å². The highest BCUT2D eigenvalue weighted by atomic mass is 19.4. The van der Waals surface area contributed by atoms with Gasteiger partial charge in [-0.15, -0.1) is 0 Å². The predicted octanol–water partition coefficient (Wildman–Crippen LogP) is 3.12. The maximum absolute atomic E-state index is 12.8. The molecule has 0 saturated heterocycles. The SMILES string of the molecule is Cc1nn(C)c(C)c1C(=O)C(=O)NC(C)c1cccc(C(F)(F)F)c1. The van der Waals surface area contributed by atoms with Gasteiger partial charge in [0.1, 0.15) is 0 Å². The Labute approximate surface area is 142 Å². The lowest BCUT2D eigenvalue weighted by Crippen LogP contribution is -2.33. The van der Waals surface area contributed by atoms with Crippen molar-refractivity contribution in [3.63, 3.8) is 0 Å². The summed E-state index contributed by atoms with van der Waals surface area (Å²) in [6, 6.07) is 3.88. The van der Waals surface area contributed by atoms with E-state index in [4.69, 9.17) is 0 Å². The van der Waals surface area contributed by atoms with Crippen molar-refractivity contribution in [3.05, 3.63) is 52.3 Å². The van der Waals surface area contributed by atoms with E-state index in [-0.39, 0.29) is 11.1 Å². The Hall–Kier alpha value is -2.64. The third kappa shape index (κ3) is 3.89. The normalized spacial score (nSPS) is 12.8. The molecule has 0 radical (unpaired) electrons. The molecule has 1 unspecified atom stereocenters. The molecule has 0 saturated carbocycles. The number of halogens is 3. The predicted molar refractivity (Wildman–Crippen MR) is 85.0 cm³/mol. The first kappa shape index (κ1) is 18.7. The van der Waals surface area contributed by atoms with Crippen molar-refractivity contribution in [3.8, 4) is 0 Å². The van der Waals surface area contributed by atoms with Crippen LogP contribution in [0.2, 0.25) is 0 Å². The number of nitrogens with one attached hydrogen (secondary N) is 1. The van der Waals surface area contributed by atoms with E-state index in [1.54, 1.807) is 20.9 Å². The number of hydrogen-bond donors (Lipinski definition) is 1. The molecule has 0 bridgehead atoms. The van der Waals surface area contributed by atoms with Crippen LogP contribution in [0.5, 0.6) is 0 Å². The van der Waals surface area contributed by atoms with E-state index in [1.807, 2.05) is 0 Å². The lowest BCUT2D eigenvalue weighted by atomic mass is 10.0. The van der Waals surface area contributed by atoms with Crippen molar-refractivity contribution in [1.29, 1.82) is 0 Å². The van der Waals surface area contributed by atoms with E-state index in [0.717, 1.165) is 12.1 Å². The van der Waals surface area contributed by atoms with E-state index < -0.39 is 29.5 Å². The van der Waals surface area contributed by atoms with Crippen LogP contribution in [0.1, 0.15) is 45.8 Å². The zero-order chi connectivity index (χ0) is 18.9. The standard InChI is InChI=1S/C17H18F3N3O2/c1-9(12-6-5-7-13(8-12)17(18,19)20)21-16(25)15(24)14-10(2)22-23(4)11(14)3/h5-9H,1-4H3,(H,21,25). The van der Waals surface area contributed by atoms with Gasteiger partial charge in [-0.05, 0) is 38.5 Å². The summed E-state index contributed by atoms with van der Waals surface area (Å²) in [6.07, 6.45) is -4.47. The minimum Gasteiger partial charge on any atom is -0.343 e. The van der Waals surface area contributed by atoms with E-state index in [0.29, 0.717) is 11.4 Å². The van der Waals surface area contributed by atoms with Crippen molar-refractivity contribution >= 4 is 11.7 Å². The summed E-state index contributed by atoms with van der Waals surface area (Å²) in [5, 5.41) is 6.52. The second-order valence-corrected chi connectivity index (χ2v) is 5.82. The molecule has 8 heteroatoms. The number of aryl methyl sites for hydroxylation is 2. The molecule has 2 aromatic rings. The molecular formula is C17H18F3N3O2. The molecule has 0 aliphatic heterocycles. The number of carbonyl (C=O) groups is 2. The molecule has 25 heavy (non-hydrogen) atoms. The molecule has 5 nitrogen and oxygen atoms in total. The molecule has 1 aromatic heterocycles. The van der Waals surface area contributed by atoms with Crippen molar-refractivity contribution in [2.75, 3.05) is 0 Å². The first-order chi connectivity index (χ1) is 11.5. The average Bonchev–Trinajstić information content (AvgIpc) is 2.78. The van der Waals surface area contributed by atoms with Gasteiger partial charge < -0.3 is 5.32 Å². The fourth-order valence-corrected chi connectivity index (χ4v) is 2.55. The first-order valence-electron chi connectivity index (χ1n) is 7.55. The minimum atomic E-state index is -4.47. The summed E-state index contributed by atoms with van der Waals surface area (Å²) in [6.45, 7) is 4.80. The van der Waals surface area contributed by atoms with E-state index in [2.05, 4.69) is 10.4 Å². The highest BCUT2D eigenvalue weighted by Gasteiger charge is 2.31. The van der Waals surface area contributed by atoms with Crippen LogP contribution < -0.4 is 5.32 Å². The van der Waals surface area contributed by atoms with Crippen LogP contribution in [0.4, 0.5) is 13.2 Å². The number of rotatable bonds is 4. The van der Waals surface area contributed by atoms with Crippen molar-refractivity contribution < 1.29 is 22.8 Å². The number of benzene rings is 1. The summed E-state index contributed by atoms with van der Waals surface area (Å²) in [5.74, 6) is -1.65. The molecule has 1 atom stereocenters. The Morgan fingerprint density at radius 1 is 1.24 bits per heavy atom. The number of carbonyl (C=O) groups excluding carboxylic acids is 2. The second-order valence-electron chi connectivity index (χ2n) is 5.82. The van der Waals surface area contributed by atoms with Crippen LogP contribution in [-0.2, 0) is 18.0 Å². The van der Waals surface area contributed by atoms with Gasteiger partial charge in [0.2, 0.25) is 0 Å². The van der Waals surface area contributed by atoms with Crippen LogP contribution >= 0.6 is 0 Å². The lowest BCUT2D eigenvalue weighted by Gasteiger charge is -2.16. The van der Waals surface area contributed by atoms with Crippen LogP contribution in [0, 0.1) is 13.8 Å². The highest BCUT2D eigenvalue weighted by molar-refractivity contribution is 6.43. The monoisotopic (exact) mass is 353 g/mol. The Morgan fingerprint density at radius 3 is 2.40 bits per heavy atom. The third-order valence-corrected chi connectivity index (χ3v) is 4.00. The topological polar surface area (TPSA) is 64.0 Å². The Kier molecular flexibility index (Phi) is 5.01. The minimum absolute atomic E-state index is 0.205. The molecule has 1 aromatic carbocycles. The van der Waals surface area contributed by atoms with E-state index in [9.17, 15) is 22.8 Å². The van der Waals surface area contributed by atoms with Gasteiger partial charge in [0.15, 0.2) is 0 Å². The average molecular weight is 353 g/mol. The van der Waals surface area contributed by atoms with E-state index >= 15 is 0 Å². The number of amides is 1. The van der Waals surface area contributed by atoms with Crippen molar-refractivity contribution in [2.24, 2.45) is 7.05 Å². The van der Waals surface area contributed by atoms with Gasteiger partial charge in [0, 0.05) is 12.7 Å². The second kappa shape index (κ2) is 6.70. The smallest absolute Gasteiger partial charge is 0.343 e. The number of ketones is 1. The van der Waals surface area contributed by atoms with Gasteiger partial charge in [-0.25, -0.2) is 0 Å². The van der Waals surface area contributed by atoms with Gasteiger partial charge in [0.25, 0.3) is 11.7 Å². The number of alkyl halides is 3. The van der Waals surface area contributed by atoms with Gasteiger partial charge in [-0.1, -0.05) is 12.1 Å². The van der Waals surface area contributed by atoms with Gasteiger partial charge in [-0.2, -0.15) is 18.3 Å². The Morgan fingerprint density at radius 2 is 1.88 bits per heavy atom. The molecule has 1 heterocycles. The largest absolute Gasteiger partial charge is 0.416 e. The zero-order valence-electron chi connectivity index (χ0n) is 14.2. The molecule has 0 spiro atoms. The Balaban J connectivity index is 2.19. The molecule has 0 aliphatic carbocycles. The van der Waals surface area contributed by atoms with Crippen molar-refractivity contribution in [2.45, 2.75) is 33.0 Å². The van der Waals surface area contributed by atoms with Crippen LogP contribution in [0.25, 0.3) is 0 Å². The summed E-state index contributed by atoms with van der Waals surface area (Å²) in [7, 11) is 1.66. The molecule has 0 fully saturated rings. The molecule has 2 rings (SSSR count). The third-order valence-electron chi connectivity index (χ3n) is 4.00. The van der Waals surface area contributed by atoms with E-state index in [1.165, 1.54) is 23.7 Å². The van der Waals surface area contributed by atoms with Crippen LogP contribution in [0.15, 0.2) is 24.3 Å². The molecule has 1 amide bonds. The number of hydrogen-bond acceptors (Lipinski definition) is 3.